The van der Waals surface area contributed by atoms with E-state index in [0.29, 0.717) is 32.3 Å². The van der Waals surface area contributed by atoms with E-state index in [2.05, 4.69) is 27.8 Å². The minimum atomic E-state index is -0.445. The van der Waals surface area contributed by atoms with Crippen molar-refractivity contribution in [2.45, 2.75) is 32.4 Å². The molecule has 1 amide bonds. The molecule has 2 fully saturated rings. The van der Waals surface area contributed by atoms with Crippen molar-refractivity contribution < 1.29 is 9.18 Å². The Labute approximate surface area is 183 Å². The van der Waals surface area contributed by atoms with Crippen LogP contribution in [-0.4, -0.2) is 60.8 Å². The lowest BCUT2D eigenvalue weighted by molar-refractivity contribution is 0.0499. The van der Waals surface area contributed by atoms with Gasteiger partial charge in [0.25, 0.3) is 5.91 Å². The average Bonchev–Trinajstić information content (AvgIpc) is 3.60. The van der Waals surface area contributed by atoms with Crippen molar-refractivity contribution in [3.05, 3.63) is 65.0 Å². The van der Waals surface area contributed by atoms with Crippen molar-refractivity contribution in [2.24, 2.45) is 10.9 Å². The predicted molar refractivity (Wildman–Crippen MR) is 121 cm³/mol. The third-order valence-electron chi connectivity index (χ3n) is 6.64. The summed E-state index contributed by atoms with van der Waals surface area (Å²) in [7, 11) is 0. The number of para-hydroxylation sites is 1. The number of anilines is 1. The summed E-state index contributed by atoms with van der Waals surface area (Å²) >= 11 is 0. The number of hydrogen-bond acceptors (Lipinski definition) is 4. The maximum Gasteiger partial charge on any atom is 0.256 e. The van der Waals surface area contributed by atoms with Gasteiger partial charge in [-0.1, -0.05) is 24.3 Å². The van der Waals surface area contributed by atoms with Crippen molar-refractivity contribution in [2.75, 3.05) is 37.7 Å². The Morgan fingerprint density at radius 1 is 1.16 bits per heavy atom. The molecule has 162 valence electrons. The molecule has 1 saturated carbocycles. The maximum absolute atomic E-state index is 14.7. The van der Waals surface area contributed by atoms with Crippen molar-refractivity contribution in [1.82, 2.24) is 9.80 Å². The van der Waals surface area contributed by atoms with E-state index in [1.165, 1.54) is 18.9 Å². The van der Waals surface area contributed by atoms with E-state index < -0.39 is 5.82 Å². The van der Waals surface area contributed by atoms with Crippen LogP contribution < -0.4 is 4.90 Å². The number of amides is 1. The van der Waals surface area contributed by atoms with Crippen LogP contribution in [0.3, 0.4) is 0 Å². The number of aliphatic imine (C=N–C) groups is 1. The number of carbonyl (C=O) groups excluding carboxylic acids is 1. The van der Waals surface area contributed by atoms with E-state index in [1.807, 2.05) is 29.3 Å². The third kappa shape index (κ3) is 4.35. The quantitative estimate of drug-likeness (QED) is 0.739. The summed E-state index contributed by atoms with van der Waals surface area (Å²) in [6, 6.07) is 13.3. The van der Waals surface area contributed by atoms with Gasteiger partial charge in [-0.25, -0.2) is 4.39 Å². The summed E-state index contributed by atoms with van der Waals surface area (Å²) in [5.41, 5.74) is 3.27. The lowest BCUT2D eigenvalue weighted by atomic mass is 10.1. The summed E-state index contributed by atoms with van der Waals surface area (Å²) in [5, 5.41) is 0. The molecule has 5 rings (SSSR count). The minimum Gasteiger partial charge on any atom is -0.347 e. The molecule has 0 spiro atoms. The summed E-state index contributed by atoms with van der Waals surface area (Å²) in [6.07, 6.45) is 4.54. The summed E-state index contributed by atoms with van der Waals surface area (Å²) in [6.45, 7) is 6.62. The molecule has 31 heavy (non-hydrogen) atoms. The van der Waals surface area contributed by atoms with E-state index >= 15 is 0 Å². The fourth-order valence-corrected chi connectivity index (χ4v) is 4.64. The second kappa shape index (κ2) is 8.42. The van der Waals surface area contributed by atoms with E-state index in [4.69, 9.17) is 0 Å². The topological polar surface area (TPSA) is 39.2 Å². The highest BCUT2D eigenvalue weighted by Gasteiger charge is 2.32. The number of benzene rings is 2. The van der Waals surface area contributed by atoms with Crippen LogP contribution in [0.25, 0.3) is 0 Å². The van der Waals surface area contributed by atoms with E-state index in [-0.39, 0.29) is 11.5 Å². The van der Waals surface area contributed by atoms with E-state index in [1.54, 1.807) is 12.1 Å². The Bertz CT molecular complexity index is 1000. The second-order valence-corrected chi connectivity index (χ2v) is 9.06. The number of nitrogens with zero attached hydrogens (tertiary/aromatic N) is 4. The molecule has 2 aromatic rings. The molecule has 0 radical (unpaired) electrons. The molecule has 2 aromatic carbocycles. The van der Waals surface area contributed by atoms with Gasteiger partial charge >= 0.3 is 0 Å². The van der Waals surface area contributed by atoms with Gasteiger partial charge in [0.2, 0.25) is 0 Å². The van der Waals surface area contributed by atoms with Crippen LogP contribution in [0.2, 0.25) is 0 Å². The smallest absolute Gasteiger partial charge is 0.256 e. The minimum absolute atomic E-state index is 0.175. The van der Waals surface area contributed by atoms with Crippen LogP contribution in [0, 0.1) is 11.7 Å². The van der Waals surface area contributed by atoms with Crippen LogP contribution >= 0.6 is 0 Å². The third-order valence-corrected chi connectivity index (χ3v) is 6.64. The number of hydrogen-bond donors (Lipinski definition) is 0. The lowest BCUT2D eigenvalue weighted by Crippen LogP contribution is -2.54. The fraction of sp³-hybridized carbons (Fsp3) is 0.440. The molecule has 0 unspecified atom stereocenters. The highest BCUT2D eigenvalue weighted by Crippen LogP contribution is 2.31. The molecule has 2 aliphatic heterocycles. The molecule has 0 N–H and O–H groups in total. The predicted octanol–water partition coefficient (Wildman–Crippen LogP) is 3.78. The first-order chi connectivity index (χ1) is 15.1. The molecule has 1 saturated heterocycles. The average molecular weight is 421 g/mol. The van der Waals surface area contributed by atoms with Gasteiger partial charge in [-0.2, -0.15) is 0 Å². The molecule has 0 bridgehead atoms. The zero-order chi connectivity index (χ0) is 21.4. The SMILES string of the molecule is C[C@H]1CN(C(=O)c2cc(CN3CN=Cc4ccccc43)ccc2F)CCN1CC1CC1. The maximum atomic E-state index is 14.7. The first-order valence-electron chi connectivity index (χ1n) is 11.2. The number of piperazine rings is 1. The first kappa shape index (κ1) is 20.2. The Hall–Kier alpha value is -2.73. The van der Waals surface area contributed by atoms with Crippen LogP contribution in [0.4, 0.5) is 10.1 Å². The van der Waals surface area contributed by atoms with Crippen LogP contribution in [0.5, 0.6) is 0 Å². The molecular weight excluding hydrogens is 391 g/mol. The Morgan fingerprint density at radius 2 is 2.00 bits per heavy atom. The van der Waals surface area contributed by atoms with Gasteiger partial charge in [0.15, 0.2) is 0 Å². The highest BCUT2D eigenvalue weighted by atomic mass is 19.1. The van der Waals surface area contributed by atoms with Gasteiger partial charge < -0.3 is 9.80 Å². The van der Waals surface area contributed by atoms with Crippen molar-refractivity contribution in [3.63, 3.8) is 0 Å². The number of rotatable bonds is 5. The Balaban J connectivity index is 1.30. The van der Waals surface area contributed by atoms with Gasteiger partial charge in [-0.05, 0) is 49.4 Å². The van der Waals surface area contributed by atoms with Crippen molar-refractivity contribution in [1.29, 1.82) is 0 Å². The van der Waals surface area contributed by atoms with Gasteiger partial charge in [0.05, 0.1) is 5.56 Å². The summed E-state index contributed by atoms with van der Waals surface area (Å²) in [4.78, 5) is 24.1. The van der Waals surface area contributed by atoms with Crippen LogP contribution in [0.1, 0.15) is 41.3 Å². The molecule has 5 nitrogen and oxygen atoms in total. The molecule has 2 heterocycles. The highest BCUT2D eigenvalue weighted by molar-refractivity contribution is 5.95. The molecule has 6 heteroatoms. The van der Waals surface area contributed by atoms with Crippen molar-refractivity contribution in [3.8, 4) is 0 Å². The largest absolute Gasteiger partial charge is 0.347 e. The monoisotopic (exact) mass is 420 g/mol. The normalized spacial score (nSPS) is 21.3. The van der Waals surface area contributed by atoms with Gasteiger partial charge in [-0.15, -0.1) is 0 Å². The zero-order valence-corrected chi connectivity index (χ0v) is 18.0. The fourth-order valence-electron chi connectivity index (χ4n) is 4.64. The molecule has 1 aliphatic carbocycles. The molecular formula is C25H29FN4O. The second-order valence-electron chi connectivity index (χ2n) is 9.06. The Morgan fingerprint density at radius 3 is 2.81 bits per heavy atom. The lowest BCUT2D eigenvalue weighted by Gasteiger charge is -2.40. The van der Waals surface area contributed by atoms with Crippen LogP contribution in [-0.2, 0) is 6.54 Å². The standard InChI is InChI=1S/C25H29FN4O/c1-18-14-29(11-10-28(18)15-19-6-7-19)25(31)22-12-20(8-9-23(22)26)16-30-17-27-13-21-4-2-3-5-24(21)30/h2-5,8-9,12-13,18-19H,6-7,10-11,14-17H2,1H3/t18-/m0/s1. The number of carbonyl (C=O) groups is 1. The van der Waals surface area contributed by atoms with E-state index in [9.17, 15) is 9.18 Å². The zero-order valence-electron chi connectivity index (χ0n) is 18.0. The molecule has 0 aromatic heterocycles. The molecule has 3 aliphatic rings. The first-order valence-corrected chi connectivity index (χ1v) is 11.2. The van der Waals surface area contributed by atoms with Crippen molar-refractivity contribution >= 4 is 17.8 Å². The van der Waals surface area contributed by atoms with Crippen LogP contribution in [0.15, 0.2) is 47.5 Å². The van der Waals surface area contributed by atoms with E-state index in [0.717, 1.165) is 35.8 Å². The van der Waals surface area contributed by atoms with Gasteiger partial charge in [0.1, 0.15) is 12.5 Å². The number of fused-ring (bicyclic) bond motifs is 1. The van der Waals surface area contributed by atoms with Gasteiger partial charge in [0, 0.05) is 56.2 Å². The Kier molecular flexibility index (Phi) is 5.48. The summed E-state index contributed by atoms with van der Waals surface area (Å²) < 4.78 is 14.7. The van der Waals surface area contributed by atoms with Gasteiger partial charge in [-0.3, -0.25) is 14.7 Å². The number of halogens is 1. The molecule has 1 atom stereocenters. The summed E-state index contributed by atoms with van der Waals surface area (Å²) in [5.74, 6) is 0.191.